The number of cyclic esters (lactones) is 1. The molecule has 212 valence electrons. The highest BCUT2D eigenvalue weighted by Crippen LogP contribution is 2.27. The number of Topliss-reactive ketones (excluding diaryl/α,β-unsaturated/α-hetero) is 1. The van der Waals surface area contributed by atoms with Crippen molar-refractivity contribution in [2.75, 3.05) is 18.5 Å². The summed E-state index contributed by atoms with van der Waals surface area (Å²) in [5.41, 5.74) is 0.0928. The second-order valence-electron chi connectivity index (χ2n) is 9.65. The van der Waals surface area contributed by atoms with E-state index in [1.54, 1.807) is 41.2 Å². The van der Waals surface area contributed by atoms with E-state index >= 15 is 0 Å². The molecule has 2 aromatic carbocycles. The van der Waals surface area contributed by atoms with Gasteiger partial charge in [0.25, 0.3) is 0 Å². The highest BCUT2D eigenvalue weighted by Gasteiger charge is 2.54. The van der Waals surface area contributed by atoms with Crippen LogP contribution in [0.4, 0.5) is 5.69 Å². The van der Waals surface area contributed by atoms with Gasteiger partial charge in [-0.1, -0.05) is 48.4 Å². The summed E-state index contributed by atoms with van der Waals surface area (Å²) in [6.07, 6.45) is 9.50. The number of ketones is 1. The maximum absolute atomic E-state index is 13.1. The van der Waals surface area contributed by atoms with Crippen molar-refractivity contribution < 1.29 is 23.6 Å². The van der Waals surface area contributed by atoms with Gasteiger partial charge in [-0.05, 0) is 49.1 Å². The standard InChI is InChI=1S/C31H32ClN5O4/c32-25-10-12-27(13-11-25)40-21-7-2-1-6-18-34-30(35-23-33)36-26-16-19-37(20-17-26)31(22-24-8-4-3-5-9-24)28(38)14-15-29(39)41-31/h3-5,8-13,16-17,19-20H,1-2,6-7,14-15,18,21-22H2,(H,34,35)/p+1. The fraction of sp³-hybridized carbons (Fsp3) is 0.323. The average Bonchev–Trinajstić information content (AvgIpc) is 2.98. The maximum atomic E-state index is 13.1. The molecule has 0 saturated carbocycles. The molecule has 1 unspecified atom stereocenters. The minimum atomic E-state index is -1.45. The van der Waals surface area contributed by atoms with Crippen LogP contribution in [0.25, 0.3) is 0 Å². The number of hydrogen-bond donors (Lipinski definition) is 2. The number of esters is 1. The van der Waals surface area contributed by atoms with E-state index in [0.717, 1.165) is 37.0 Å². The molecule has 1 aliphatic heterocycles. The van der Waals surface area contributed by atoms with Gasteiger partial charge in [-0.2, -0.15) is 9.83 Å². The lowest BCUT2D eigenvalue weighted by atomic mass is 9.92. The normalized spacial score (nSPS) is 16.9. The zero-order valence-corrected chi connectivity index (χ0v) is 23.5. The number of carbonyl (C=O) groups excluding carboxylic acids is 2. The van der Waals surface area contributed by atoms with Gasteiger partial charge in [0.05, 0.1) is 25.1 Å². The van der Waals surface area contributed by atoms with Crippen molar-refractivity contribution in [3.8, 4) is 11.9 Å². The molecular weight excluding hydrogens is 542 g/mol. The molecule has 4 rings (SSSR count). The number of benzene rings is 2. The van der Waals surface area contributed by atoms with Crippen molar-refractivity contribution in [3.63, 3.8) is 0 Å². The van der Waals surface area contributed by atoms with E-state index in [1.807, 2.05) is 48.7 Å². The van der Waals surface area contributed by atoms with E-state index in [4.69, 9.17) is 21.1 Å². The molecule has 0 aliphatic carbocycles. The minimum absolute atomic E-state index is 0.0758. The molecule has 9 nitrogen and oxygen atoms in total. The molecule has 41 heavy (non-hydrogen) atoms. The SMILES string of the molecule is N#CNC(=NCCCCCCOc1ccc(Cl)cc1)Nc1cc[n+](C2(Cc3ccccc3)OC(=O)CCC2=O)cc1. The number of nitrogens with zero attached hydrogens (tertiary/aromatic N) is 3. The molecule has 1 atom stereocenters. The smallest absolute Gasteiger partial charge is 0.378 e. The number of halogens is 1. The maximum Gasteiger partial charge on any atom is 0.378 e. The Morgan fingerprint density at radius 3 is 2.46 bits per heavy atom. The van der Waals surface area contributed by atoms with Gasteiger partial charge in [0.15, 0.2) is 18.6 Å². The third-order valence-corrected chi connectivity index (χ3v) is 6.90. The van der Waals surface area contributed by atoms with E-state index in [2.05, 4.69) is 15.6 Å². The Hall–Kier alpha value is -4.42. The molecule has 3 aromatic rings. The third kappa shape index (κ3) is 8.53. The molecule has 0 spiro atoms. The topological polar surface area (TPSA) is 117 Å². The quantitative estimate of drug-likeness (QED) is 0.0600. The first kappa shape index (κ1) is 29.6. The molecule has 0 bridgehead atoms. The van der Waals surface area contributed by atoms with E-state index in [0.29, 0.717) is 29.8 Å². The van der Waals surface area contributed by atoms with Crippen LogP contribution in [0.3, 0.4) is 0 Å². The van der Waals surface area contributed by atoms with E-state index < -0.39 is 11.7 Å². The molecule has 1 aromatic heterocycles. The number of nitriles is 1. The Morgan fingerprint density at radius 1 is 1.00 bits per heavy atom. The zero-order chi connectivity index (χ0) is 28.9. The number of aromatic nitrogens is 1. The number of rotatable bonds is 12. The monoisotopic (exact) mass is 574 g/mol. The lowest BCUT2D eigenvalue weighted by molar-refractivity contribution is -0.786. The second kappa shape index (κ2) is 14.8. The number of unbranched alkanes of at least 4 members (excludes halogenated alkanes) is 3. The van der Waals surface area contributed by atoms with Crippen LogP contribution in [0.1, 0.15) is 44.1 Å². The van der Waals surface area contributed by atoms with Gasteiger partial charge in [-0.25, -0.2) is 0 Å². The Labute approximate surface area is 244 Å². The van der Waals surface area contributed by atoms with E-state index in [1.165, 1.54) is 0 Å². The van der Waals surface area contributed by atoms with E-state index in [-0.39, 0.29) is 25.0 Å². The summed E-state index contributed by atoms with van der Waals surface area (Å²) in [6, 6.07) is 20.3. The third-order valence-electron chi connectivity index (χ3n) is 6.65. The van der Waals surface area contributed by atoms with Crippen LogP contribution in [0.2, 0.25) is 5.02 Å². The predicted octanol–water partition coefficient (Wildman–Crippen LogP) is 4.91. The fourth-order valence-electron chi connectivity index (χ4n) is 4.53. The summed E-state index contributed by atoms with van der Waals surface area (Å²) in [7, 11) is 0. The molecule has 10 heteroatoms. The van der Waals surface area contributed by atoms with Crippen LogP contribution in [0.15, 0.2) is 84.1 Å². The highest BCUT2D eigenvalue weighted by molar-refractivity contribution is 6.30. The average molecular weight is 575 g/mol. The Bertz CT molecular complexity index is 1370. The van der Waals surface area contributed by atoms with Gasteiger partial charge < -0.3 is 14.8 Å². The van der Waals surface area contributed by atoms with Crippen LogP contribution in [-0.2, 0) is 26.5 Å². The van der Waals surface area contributed by atoms with E-state index in [9.17, 15) is 14.9 Å². The Balaban J connectivity index is 1.30. The first-order valence-corrected chi connectivity index (χ1v) is 14.0. The fourth-order valence-corrected chi connectivity index (χ4v) is 4.66. The van der Waals surface area contributed by atoms with Crippen molar-refractivity contribution in [3.05, 3.63) is 89.7 Å². The Morgan fingerprint density at radius 2 is 1.73 bits per heavy atom. The lowest BCUT2D eigenvalue weighted by Gasteiger charge is -2.30. The summed E-state index contributed by atoms with van der Waals surface area (Å²) in [5.74, 6) is 0.575. The minimum Gasteiger partial charge on any atom is -0.494 e. The van der Waals surface area contributed by atoms with Gasteiger partial charge >= 0.3 is 11.7 Å². The van der Waals surface area contributed by atoms with Crippen LogP contribution < -0.4 is 19.9 Å². The zero-order valence-electron chi connectivity index (χ0n) is 22.7. The molecule has 1 aliphatic rings. The van der Waals surface area contributed by atoms with Gasteiger partial charge in [0.1, 0.15) is 5.75 Å². The van der Waals surface area contributed by atoms with Crippen LogP contribution in [0.5, 0.6) is 5.75 Å². The van der Waals surface area contributed by atoms with Gasteiger partial charge in [0.2, 0.25) is 11.7 Å². The molecular formula is C31H33ClN5O4+. The van der Waals surface area contributed by atoms with Crippen LogP contribution in [0, 0.1) is 11.5 Å². The number of hydrogen-bond acceptors (Lipinski definition) is 6. The molecule has 1 saturated heterocycles. The number of aliphatic imine (C=N–C) groups is 1. The van der Waals surface area contributed by atoms with Crippen molar-refractivity contribution in [2.24, 2.45) is 4.99 Å². The number of pyridine rings is 1. The van der Waals surface area contributed by atoms with Gasteiger partial charge in [-0.3, -0.25) is 19.9 Å². The summed E-state index contributed by atoms with van der Waals surface area (Å²) in [4.78, 5) is 29.9. The molecule has 1 fully saturated rings. The second-order valence-corrected chi connectivity index (χ2v) is 10.1. The number of carbonyl (C=O) groups is 2. The predicted molar refractivity (Wildman–Crippen MR) is 155 cm³/mol. The van der Waals surface area contributed by atoms with Crippen LogP contribution in [-0.4, -0.2) is 30.9 Å². The summed E-state index contributed by atoms with van der Waals surface area (Å²) in [6.45, 7) is 1.19. The summed E-state index contributed by atoms with van der Waals surface area (Å²) in [5, 5.41) is 15.5. The van der Waals surface area contributed by atoms with Crippen molar-refractivity contribution in [1.29, 1.82) is 5.26 Å². The van der Waals surface area contributed by atoms with Crippen molar-refractivity contribution in [1.82, 2.24) is 5.32 Å². The largest absolute Gasteiger partial charge is 0.494 e. The summed E-state index contributed by atoms with van der Waals surface area (Å²) < 4.78 is 13.1. The van der Waals surface area contributed by atoms with Crippen LogP contribution >= 0.6 is 11.6 Å². The molecule has 2 N–H and O–H groups in total. The number of guanidine groups is 1. The molecule has 0 radical (unpaired) electrons. The number of anilines is 1. The first-order valence-electron chi connectivity index (χ1n) is 13.6. The number of ether oxygens (including phenoxy) is 2. The molecule has 2 heterocycles. The van der Waals surface area contributed by atoms with Crippen molar-refractivity contribution >= 4 is 35.0 Å². The molecule has 0 amide bonds. The lowest BCUT2D eigenvalue weighted by Crippen LogP contribution is -2.66. The number of nitrogens with one attached hydrogen (secondary N) is 2. The Kier molecular flexibility index (Phi) is 10.7. The van der Waals surface area contributed by atoms with Crippen molar-refractivity contribution in [2.45, 2.75) is 50.7 Å². The highest BCUT2D eigenvalue weighted by atomic mass is 35.5. The van der Waals surface area contributed by atoms with Gasteiger partial charge in [-0.15, -0.1) is 0 Å². The van der Waals surface area contributed by atoms with Gasteiger partial charge in [0, 0.05) is 30.1 Å². The summed E-state index contributed by atoms with van der Waals surface area (Å²) >= 11 is 5.89. The first-order chi connectivity index (χ1) is 20.0.